The number of carbonyl (C=O) groups is 4. The fourth-order valence-electron chi connectivity index (χ4n) is 8.10. The van der Waals surface area contributed by atoms with E-state index in [2.05, 4.69) is 23.0 Å². The second kappa shape index (κ2) is 30.5. The highest BCUT2D eigenvalue weighted by molar-refractivity contribution is 5.87. The van der Waals surface area contributed by atoms with E-state index in [0.29, 0.717) is 31.4 Å². The first-order valence-corrected chi connectivity index (χ1v) is 24.7. The Labute approximate surface area is 422 Å². The van der Waals surface area contributed by atoms with Crippen LogP contribution in [0, 0.1) is 0 Å². The van der Waals surface area contributed by atoms with Gasteiger partial charge in [0, 0.05) is 6.08 Å². The third-order valence-corrected chi connectivity index (χ3v) is 12.1. The molecule has 2 N–H and O–H groups in total. The molecule has 3 aliphatic carbocycles. The smallest absolute Gasteiger partial charge is 0.416 e. The second-order valence-corrected chi connectivity index (χ2v) is 17.7. The standard InChI is InChI=1S/C20H24O5.C19H23F3O3.C17H19F3O3/c1-24-19(21)14-10-16-7-11-17(12-8-16)25-18(20(22)23)13-9-15-5-3-2-4-6-15;1-2-24-18(23)17(13-8-14-6-4-3-5-7-14)25-16-11-9-15(10-12-16)19(20,21)22;18-17(19,20)13-7-9-14(10-8-13)23-15(16(21)22)11-6-12-4-2-1-3-5-12/h5,7-8,10-12,14,18H,2-4,6,9,13H2,1H3,(H,22,23);6,9-12,17H,2-5,7-8,13H2,1H3;4,7-10,15H,1-3,5-6,11H2,(H,21,22). The van der Waals surface area contributed by atoms with Crippen LogP contribution in [0.4, 0.5) is 26.3 Å². The van der Waals surface area contributed by atoms with Crippen LogP contribution in [0.25, 0.3) is 6.08 Å². The molecule has 0 saturated heterocycles. The highest BCUT2D eigenvalue weighted by Gasteiger charge is 2.32. The van der Waals surface area contributed by atoms with Crippen LogP contribution in [0.15, 0.2) is 114 Å². The number of aliphatic carboxylic acids is 2. The van der Waals surface area contributed by atoms with Crippen LogP contribution in [-0.2, 0) is 41.0 Å². The monoisotopic (exact) mass is 1030 g/mol. The molecule has 0 radical (unpaired) electrons. The lowest BCUT2D eigenvalue weighted by atomic mass is 9.95. The SMILES string of the molecule is CCOC(=O)C(CCC1=CCCCC1)Oc1ccc(C(F)(F)F)cc1.COC(=O)C=Cc1ccc(OC(CCC2=CCCCC2)C(=O)O)cc1.O=C(O)C(CCC1=CCCCC1)Oc1ccc(C(F)(F)F)cc1. The Hall–Kier alpha value is -6.52. The van der Waals surface area contributed by atoms with E-state index in [1.54, 1.807) is 37.3 Å². The Kier molecular flexibility index (Phi) is 24.7. The number of alkyl halides is 6. The topological polar surface area (TPSA) is 155 Å². The molecule has 3 atom stereocenters. The number of rotatable bonds is 21. The summed E-state index contributed by atoms with van der Waals surface area (Å²) in [6.07, 6.45) is 14.6. The number of carbonyl (C=O) groups excluding carboxylic acids is 2. The van der Waals surface area contributed by atoms with Crippen molar-refractivity contribution in [3.63, 3.8) is 0 Å². The molecule has 0 fully saturated rings. The van der Waals surface area contributed by atoms with Gasteiger partial charge in [-0.15, -0.1) is 0 Å². The second-order valence-electron chi connectivity index (χ2n) is 17.7. The van der Waals surface area contributed by atoms with Crippen LogP contribution in [0.3, 0.4) is 0 Å². The summed E-state index contributed by atoms with van der Waals surface area (Å²) in [7, 11) is 1.32. The Morgan fingerprint density at radius 1 is 0.548 bits per heavy atom. The van der Waals surface area contributed by atoms with Gasteiger partial charge in [0.05, 0.1) is 24.8 Å². The van der Waals surface area contributed by atoms with Crippen molar-refractivity contribution in [2.75, 3.05) is 13.7 Å². The van der Waals surface area contributed by atoms with Gasteiger partial charge in [0.15, 0.2) is 18.3 Å². The Morgan fingerprint density at radius 3 is 1.22 bits per heavy atom. The Morgan fingerprint density at radius 2 is 0.904 bits per heavy atom. The molecule has 3 aromatic carbocycles. The zero-order valence-corrected chi connectivity index (χ0v) is 41.3. The fourth-order valence-corrected chi connectivity index (χ4v) is 8.10. The molecule has 17 heteroatoms. The lowest BCUT2D eigenvalue weighted by Gasteiger charge is -2.20. The molecule has 0 heterocycles. The van der Waals surface area contributed by atoms with E-state index in [1.165, 1.54) is 61.3 Å². The zero-order valence-electron chi connectivity index (χ0n) is 41.3. The quantitative estimate of drug-likeness (QED) is 0.0453. The molecule has 0 saturated carbocycles. The van der Waals surface area contributed by atoms with Gasteiger partial charge in [0.2, 0.25) is 0 Å². The van der Waals surface area contributed by atoms with Crippen molar-refractivity contribution in [3.8, 4) is 17.2 Å². The molecule has 3 aliphatic rings. The fraction of sp³-hybridized carbons (Fsp3) is 0.464. The van der Waals surface area contributed by atoms with Crippen molar-refractivity contribution in [1.82, 2.24) is 0 Å². The van der Waals surface area contributed by atoms with Gasteiger partial charge in [-0.25, -0.2) is 19.2 Å². The predicted molar refractivity (Wildman–Crippen MR) is 263 cm³/mol. The summed E-state index contributed by atoms with van der Waals surface area (Å²) >= 11 is 0. The molecule has 0 aromatic heterocycles. The van der Waals surface area contributed by atoms with Gasteiger partial charge in [-0.2, -0.15) is 26.3 Å². The number of ether oxygens (including phenoxy) is 5. The summed E-state index contributed by atoms with van der Waals surface area (Å²) in [5, 5.41) is 18.6. The maximum Gasteiger partial charge on any atom is 0.416 e. The zero-order chi connectivity index (χ0) is 53.2. The maximum atomic E-state index is 12.6. The van der Waals surface area contributed by atoms with Crippen LogP contribution in [0.5, 0.6) is 17.2 Å². The maximum absolute atomic E-state index is 12.6. The van der Waals surface area contributed by atoms with Crippen LogP contribution in [0.1, 0.15) is 139 Å². The summed E-state index contributed by atoms with van der Waals surface area (Å²) in [4.78, 5) is 45.9. The van der Waals surface area contributed by atoms with Gasteiger partial charge in [0.1, 0.15) is 17.2 Å². The Bertz CT molecular complexity index is 2320. The van der Waals surface area contributed by atoms with Crippen molar-refractivity contribution in [1.29, 1.82) is 0 Å². The molecule has 11 nitrogen and oxygen atoms in total. The van der Waals surface area contributed by atoms with E-state index in [0.717, 1.165) is 113 Å². The molecule has 6 rings (SSSR count). The number of allylic oxidation sites excluding steroid dienone is 6. The van der Waals surface area contributed by atoms with Crippen molar-refractivity contribution in [3.05, 3.63) is 131 Å². The first kappa shape index (κ1) is 59.0. The summed E-state index contributed by atoms with van der Waals surface area (Å²) in [6.45, 7) is 1.94. The van der Waals surface area contributed by atoms with Gasteiger partial charge in [-0.05, 0) is 195 Å². The summed E-state index contributed by atoms with van der Waals surface area (Å²) in [5.74, 6) is -2.12. The van der Waals surface area contributed by atoms with Crippen LogP contribution >= 0.6 is 0 Å². The van der Waals surface area contributed by atoms with Gasteiger partial charge in [0.25, 0.3) is 0 Å². The van der Waals surface area contributed by atoms with E-state index in [4.69, 9.17) is 18.9 Å². The first-order valence-electron chi connectivity index (χ1n) is 24.7. The third kappa shape index (κ3) is 22.4. The van der Waals surface area contributed by atoms with Gasteiger partial charge in [-0.3, -0.25) is 0 Å². The molecule has 0 bridgehead atoms. The average molecular weight is 1030 g/mol. The summed E-state index contributed by atoms with van der Waals surface area (Å²) in [5.41, 5.74) is 3.14. The summed E-state index contributed by atoms with van der Waals surface area (Å²) in [6, 6.07) is 15.4. The molecule has 0 aliphatic heterocycles. The lowest BCUT2D eigenvalue weighted by Crippen LogP contribution is -2.29. The molecular weight excluding hydrogens is 963 g/mol. The molecular formula is C56H66F6O11. The molecule has 73 heavy (non-hydrogen) atoms. The first-order chi connectivity index (χ1) is 34.8. The van der Waals surface area contributed by atoms with Crippen molar-refractivity contribution >= 4 is 30.0 Å². The van der Waals surface area contributed by atoms with Crippen LogP contribution in [-0.4, -0.2) is 66.1 Å². The number of methoxy groups -OCH3 is 1. The highest BCUT2D eigenvalue weighted by atomic mass is 19.4. The number of esters is 2. The van der Waals surface area contributed by atoms with Gasteiger partial charge < -0.3 is 33.9 Å². The van der Waals surface area contributed by atoms with E-state index >= 15 is 0 Å². The lowest BCUT2D eigenvalue weighted by molar-refractivity contribution is -0.152. The van der Waals surface area contributed by atoms with E-state index in [1.807, 2.05) is 0 Å². The number of carboxylic acids is 2. The average Bonchev–Trinajstić information content (AvgIpc) is 3.38. The van der Waals surface area contributed by atoms with Gasteiger partial charge in [-0.1, -0.05) is 47.1 Å². The number of hydrogen-bond donors (Lipinski definition) is 2. The van der Waals surface area contributed by atoms with Crippen molar-refractivity contribution < 1.29 is 79.4 Å². The minimum Gasteiger partial charge on any atom is -0.479 e. The normalized spacial score (nSPS) is 16.0. The molecule has 3 aromatic rings. The number of halogens is 6. The summed E-state index contributed by atoms with van der Waals surface area (Å²) < 4.78 is 101. The number of carboxylic acid groups (broad SMARTS) is 2. The van der Waals surface area contributed by atoms with E-state index < -0.39 is 65.7 Å². The van der Waals surface area contributed by atoms with Crippen molar-refractivity contribution in [2.45, 2.75) is 153 Å². The molecule has 0 amide bonds. The third-order valence-electron chi connectivity index (χ3n) is 12.1. The van der Waals surface area contributed by atoms with Gasteiger partial charge >= 0.3 is 36.2 Å². The van der Waals surface area contributed by atoms with Crippen LogP contribution in [0.2, 0.25) is 0 Å². The minimum atomic E-state index is -4.42. The largest absolute Gasteiger partial charge is 0.479 e. The van der Waals surface area contributed by atoms with Crippen molar-refractivity contribution in [2.24, 2.45) is 0 Å². The predicted octanol–water partition coefficient (Wildman–Crippen LogP) is 14.1. The van der Waals surface area contributed by atoms with E-state index in [9.17, 15) is 55.7 Å². The molecule has 3 unspecified atom stereocenters. The Balaban J connectivity index is 0.000000238. The van der Waals surface area contributed by atoms with Crippen LogP contribution < -0.4 is 14.2 Å². The minimum absolute atomic E-state index is 0.128. The number of hydrogen-bond acceptors (Lipinski definition) is 9. The van der Waals surface area contributed by atoms with E-state index in [-0.39, 0.29) is 18.1 Å². The number of benzene rings is 3. The highest BCUT2D eigenvalue weighted by Crippen LogP contribution is 2.33. The molecule has 398 valence electrons. The molecule has 0 spiro atoms.